The van der Waals surface area contributed by atoms with E-state index >= 15 is 0 Å². The van der Waals surface area contributed by atoms with E-state index < -0.39 is 5.60 Å². The molecule has 2 rings (SSSR count). The third kappa shape index (κ3) is 2.78. The van der Waals surface area contributed by atoms with Gasteiger partial charge in [0.05, 0.1) is 12.8 Å². The van der Waals surface area contributed by atoms with Gasteiger partial charge in [-0.2, -0.15) is 0 Å². The first-order valence-electron chi connectivity index (χ1n) is 5.64. The van der Waals surface area contributed by atoms with Gasteiger partial charge in [0.25, 0.3) is 0 Å². The van der Waals surface area contributed by atoms with Gasteiger partial charge in [-0.1, -0.05) is 12.1 Å². The van der Waals surface area contributed by atoms with Crippen molar-refractivity contribution in [1.82, 2.24) is 0 Å². The first-order valence-corrected chi connectivity index (χ1v) is 5.64. The highest BCUT2D eigenvalue weighted by molar-refractivity contribution is 5.83. The lowest BCUT2D eigenvalue weighted by atomic mass is 10.0. The summed E-state index contributed by atoms with van der Waals surface area (Å²) in [5.74, 6) is 0.635. The molecule has 1 heterocycles. The molecule has 0 radical (unpaired) electrons. The van der Waals surface area contributed by atoms with Crippen LogP contribution in [0.3, 0.4) is 0 Å². The Morgan fingerprint density at radius 3 is 2.72 bits per heavy atom. The molecule has 1 aromatic carbocycles. The van der Waals surface area contributed by atoms with Crippen molar-refractivity contribution in [3.05, 3.63) is 54.0 Å². The maximum Gasteiger partial charge on any atom is 0.139 e. The van der Waals surface area contributed by atoms with Crippen molar-refractivity contribution < 1.29 is 14.6 Å². The van der Waals surface area contributed by atoms with Gasteiger partial charge in [0.1, 0.15) is 17.1 Å². The lowest BCUT2D eigenvalue weighted by molar-refractivity contribution is 0.0439. The Labute approximate surface area is 105 Å². The molecule has 0 saturated heterocycles. The Morgan fingerprint density at radius 2 is 2.06 bits per heavy atom. The van der Waals surface area contributed by atoms with Gasteiger partial charge < -0.3 is 14.6 Å². The van der Waals surface area contributed by atoms with Crippen molar-refractivity contribution in [3.63, 3.8) is 0 Å². The average molecular weight is 245 g/mol. The maximum atomic E-state index is 10.2. The number of phenols is 1. The summed E-state index contributed by atoms with van der Waals surface area (Å²) >= 11 is 0. The molecule has 4 nitrogen and oxygen atoms in total. The largest absolute Gasteiger partial charge is 0.507 e. The highest BCUT2D eigenvalue weighted by Crippen LogP contribution is 2.21. The smallest absolute Gasteiger partial charge is 0.139 e. The number of nitrogens with zero attached hydrogens (tertiary/aromatic N) is 1. The van der Waals surface area contributed by atoms with E-state index in [1.165, 1.54) is 12.5 Å². The Balaban J connectivity index is 2.06. The summed E-state index contributed by atoms with van der Waals surface area (Å²) in [4.78, 5) is 4.14. The van der Waals surface area contributed by atoms with Gasteiger partial charge in [-0.25, -0.2) is 0 Å². The van der Waals surface area contributed by atoms with Gasteiger partial charge in [-0.05, 0) is 31.2 Å². The number of hydrogen-bond donors (Lipinski definition) is 2. The first kappa shape index (κ1) is 12.4. The molecule has 0 fully saturated rings. The van der Waals surface area contributed by atoms with E-state index in [0.717, 1.165) is 0 Å². The summed E-state index contributed by atoms with van der Waals surface area (Å²) in [6.07, 6.45) is 3.04. The van der Waals surface area contributed by atoms with Crippen LogP contribution in [0.4, 0.5) is 0 Å². The standard InChI is InChI=1S/C14H15NO3/c1-14(17,13-7-4-8-18-13)10-15-9-11-5-2-3-6-12(11)16/h2-9,16-17H,10H2,1H3. The van der Waals surface area contributed by atoms with Gasteiger partial charge in [-0.3, -0.25) is 4.99 Å². The van der Waals surface area contributed by atoms with Gasteiger partial charge in [0.15, 0.2) is 0 Å². The quantitative estimate of drug-likeness (QED) is 0.812. The molecule has 0 aliphatic carbocycles. The van der Waals surface area contributed by atoms with Crippen LogP contribution in [0.2, 0.25) is 0 Å². The Kier molecular flexibility index (Phi) is 3.48. The van der Waals surface area contributed by atoms with Gasteiger partial charge in [-0.15, -0.1) is 0 Å². The van der Waals surface area contributed by atoms with Crippen LogP contribution in [0.15, 0.2) is 52.1 Å². The van der Waals surface area contributed by atoms with Crippen LogP contribution in [0.25, 0.3) is 0 Å². The van der Waals surface area contributed by atoms with Gasteiger partial charge >= 0.3 is 0 Å². The second kappa shape index (κ2) is 5.06. The molecule has 1 unspecified atom stereocenters. The molecule has 94 valence electrons. The molecule has 2 N–H and O–H groups in total. The van der Waals surface area contributed by atoms with Gasteiger partial charge in [0, 0.05) is 11.8 Å². The Hall–Kier alpha value is -2.07. The van der Waals surface area contributed by atoms with Crippen LogP contribution < -0.4 is 0 Å². The van der Waals surface area contributed by atoms with Crippen LogP contribution in [0.1, 0.15) is 18.2 Å². The molecular weight excluding hydrogens is 230 g/mol. The number of hydrogen-bond acceptors (Lipinski definition) is 4. The van der Waals surface area contributed by atoms with Crippen molar-refractivity contribution in [2.45, 2.75) is 12.5 Å². The molecule has 0 saturated carbocycles. The van der Waals surface area contributed by atoms with Gasteiger partial charge in [0.2, 0.25) is 0 Å². The molecule has 0 aliphatic rings. The average Bonchev–Trinajstić information content (AvgIpc) is 2.86. The maximum absolute atomic E-state index is 10.2. The number of aromatic hydroxyl groups is 1. The van der Waals surface area contributed by atoms with E-state index in [-0.39, 0.29) is 12.3 Å². The van der Waals surface area contributed by atoms with Crippen molar-refractivity contribution in [2.75, 3.05) is 6.54 Å². The highest BCUT2D eigenvalue weighted by atomic mass is 16.4. The van der Waals surface area contributed by atoms with Crippen LogP contribution in [-0.2, 0) is 5.60 Å². The van der Waals surface area contributed by atoms with E-state index in [0.29, 0.717) is 11.3 Å². The van der Waals surface area contributed by atoms with Crippen LogP contribution in [-0.4, -0.2) is 23.0 Å². The predicted octanol–water partition coefficient (Wildman–Crippen LogP) is 2.31. The second-order valence-corrected chi connectivity index (χ2v) is 4.28. The summed E-state index contributed by atoms with van der Waals surface area (Å²) < 4.78 is 5.15. The number of aliphatic imine (C=N–C) groups is 1. The fraction of sp³-hybridized carbons (Fsp3) is 0.214. The minimum Gasteiger partial charge on any atom is -0.507 e. The number of aliphatic hydroxyl groups is 1. The zero-order chi connectivity index (χ0) is 13.0. The predicted molar refractivity (Wildman–Crippen MR) is 68.8 cm³/mol. The molecule has 0 bridgehead atoms. The van der Waals surface area contributed by atoms with Crippen LogP contribution in [0, 0.1) is 0 Å². The summed E-state index contributed by atoms with van der Waals surface area (Å²) in [5.41, 5.74) is -0.530. The lowest BCUT2D eigenvalue weighted by Crippen LogP contribution is -2.24. The molecule has 0 aliphatic heterocycles. The summed E-state index contributed by atoms with van der Waals surface area (Å²) in [6.45, 7) is 1.79. The highest BCUT2D eigenvalue weighted by Gasteiger charge is 2.25. The molecular formula is C14H15NO3. The number of rotatable bonds is 4. The summed E-state index contributed by atoms with van der Waals surface area (Å²) in [6, 6.07) is 10.3. The zero-order valence-corrected chi connectivity index (χ0v) is 10.1. The normalized spacial score (nSPS) is 14.8. The number of para-hydroxylation sites is 1. The van der Waals surface area contributed by atoms with Crippen molar-refractivity contribution in [3.8, 4) is 5.75 Å². The molecule has 1 aromatic heterocycles. The minimum absolute atomic E-state index is 0.162. The van der Waals surface area contributed by atoms with Crippen molar-refractivity contribution >= 4 is 6.21 Å². The Morgan fingerprint density at radius 1 is 1.28 bits per heavy atom. The fourth-order valence-corrected chi connectivity index (χ4v) is 1.58. The molecule has 18 heavy (non-hydrogen) atoms. The van der Waals surface area contributed by atoms with E-state index in [9.17, 15) is 10.2 Å². The summed E-state index contributed by atoms with van der Waals surface area (Å²) in [7, 11) is 0. The summed E-state index contributed by atoms with van der Waals surface area (Å²) in [5, 5.41) is 19.7. The third-order valence-electron chi connectivity index (χ3n) is 2.62. The minimum atomic E-state index is -1.15. The number of furan rings is 1. The lowest BCUT2D eigenvalue weighted by Gasteiger charge is -2.17. The zero-order valence-electron chi connectivity index (χ0n) is 10.1. The fourth-order valence-electron chi connectivity index (χ4n) is 1.58. The molecule has 4 heteroatoms. The Bertz CT molecular complexity index is 530. The molecule has 2 aromatic rings. The van der Waals surface area contributed by atoms with Crippen LogP contribution in [0.5, 0.6) is 5.75 Å². The monoisotopic (exact) mass is 245 g/mol. The van der Waals surface area contributed by atoms with Crippen molar-refractivity contribution in [1.29, 1.82) is 0 Å². The van der Waals surface area contributed by atoms with E-state index in [1.807, 2.05) is 6.07 Å². The van der Waals surface area contributed by atoms with Crippen molar-refractivity contribution in [2.24, 2.45) is 4.99 Å². The number of phenolic OH excluding ortho intramolecular Hbond substituents is 1. The first-order chi connectivity index (χ1) is 8.59. The van der Waals surface area contributed by atoms with E-state index in [4.69, 9.17) is 4.42 Å². The van der Waals surface area contributed by atoms with Crippen LogP contribution >= 0.6 is 0 Å². The SMILES string of the molecule is CC(O)(CN=Cc1ccccc1O)c1ccco1. The number of benzene rings is 1. The molecule has 1 atom stereocenters. The second-order valence-electron chi connectivity index (χ2n) is 4.28. The third-order valence-corrected chi connectivity index (χ3v) is 2.62. The van der Waals surface area contributed by atoms with E-state index in [2.05, 4.69) is 4.99 Å². The molecule has 0 spiro atoms. The van der Waals surface area contributed by atoms with E-state index in [1.54, 1.807) is 37.3 Å². The molecule has 0 amide bonds. The topological polar surface area (TPSA) is 66.0 Å².